The summed E-state index contributed by atoms with van der Waals surface area (Å²) in [5.74, 6) is 0. The maximum Gasteiger partial charge on any atom is 0.191 e. The lowest BCUT2D eigenvalue weighted by atomic mass is 10.0. The van der Waals surface area contributed by atoms with E-state index in [0.29, 0.717) is 12.8 Å². The maximum absolute atomic E-state index is 10.1. The number of rotatable bonds is 16. The van der Waals surface area contributed by atoms with E-state index in [1.54, 1.807) is 0 Å². The highest BCUT2D eigenvalue weighted by molar-refractivity contribution is 6.74. The molecule has 152 valence electrons. The first-order chi connectivity index (χ1) is 13.2. The molecular weight excluding hydrogens is 324 g/mol. The van der Waals surface area contributed by atoms with Gasteiger partial charge >= 0.3 is 0 Å². The minimum Gasteiger partial charge on any atom is -0.417 e. The van der Waals surface area contributed by atoms with Crippen LogP contribution in [0.4, 0.5) is 0 Å². The smallest absolute Gasteiger partial charge is 0.191 e. The third-order valence-corrected chi connectivity index (χ3v) is 9.85. The molecule has 0 aliphatic heterocycles. The van der Waals surface area contributed by atoms with Gasteiger partial charge in [-0.1, -0.05) is 91.9 Å². The Labute approximate surface area is 165 Å². The number of hydrogen-bond acceptors (Lipinski definition) is 2. The van der Waals surface area contributed by atoms with Gasteiger partial charge in [-0.05, 0) is 37.3 Å². The molecule has 0 bridgehead atoms. The van der Waals surface area contributed by atoms with E-state index in [9.17, 15) is 5.11 Å². The fraction of sp³-hybridized carbons (Fsp3) is 1.00. The first kappa shape index (κ1) is 18.5. The highest BCUT2D eigenvalue weighted by Crippen LogP contribution is 2.36. The van der Waals surface area contributed by atoms with Crippen LogP contribution in [0, 0.1) is 0 Å². The molecule has 0 saturated carbocycles. The summed E-state index contributed by atoms with van der Waals surface area (Å²) in [6.45, 7) is 14.2. The topological polar surface area (TPSA) is 29.5 Å². The molecule has 3 heteroatoms. The van der Waals surface area contributed by atoms with Gasteiger partial charge in [0.25, 0.3) is 0 Å². The van der Waals surface area contributed by atoms with Crippen molar-refractivity contribution in [1.29, 1.82) is 0 Å². The maximum atomic E-state index is 10.1. The molecule has 0 aliphatic rings. The lowest BCUT2D eigenvalue weighted by molar-refractivity contribution is 0.147. The molecule has 0 radical (unpaired) electrons. The zero-order chi connectivity index (χ0) is 22.8. The summed E-state index contributed by atoms with van der Waals surface area (Å²) in [6.07, 6.45) is 3.68. The molecule has 0 rings (SSSR count). The number of unbranched alkanes of at least 4 members (excludes halogenated alkanes) is 7. The largest absolute Gasteiger partial charge is 0.417 e. The highest BCUT2D eigenvalue weighted by atomic mass is 28.4. The lowest BCUT2D eigenvalue weighted by Gasteiger charge is -2.36. The SMILES string of the molecule is [2H]C([2H])(CCCCCCCCO[Si](C)(C)C(C)(C)C)C([2H])([2H])[C@@H](O)CCCCC. The van der Waals surface area contributed by atoms with Gasteiger partial charge in [0.15, 0.2) is 8.32 Å². The van der Waals surface area contributed by atoms with E-state index in [0.717, 1.165) is 58.0 Å². The zero-order valence-electron chi connectivity index (χ0n) is 21.9. The van der Waals surface area contributed by atoms with Crippen molar-refractivity contribution in [3.63, 3.8) is 0 Å². The minimum atomic E-state index is -2.19. The summed E-state index contributed by atoms with van der Waals surface area (Å²) >= 11 is 0. The number of aliphatic hydroxyl groups excluding tert-OH is 1. The second kappa shape index (κ2) is 14.2. The van der Waals surface area contributed by atoms with Gasteiger partial charge < -0.3 is 9.53 Å². The molecule has 0 aromatic carbocycles. The number of aliphatic hydroxyl groups is 1. The Morgan fingerprint density at radius 1 is 0.920 bits per heavy atom. The van der Waals surface area contributed by atoms with Crippen molar-refractivity contribution in [2.45, 2.75) is 135 Å². The zero-order valence-corrected chi connectivity index (χ0v) is 18.9. The normalized spacial score (nSPS) is 17.6. The van der Waals surface area contributed by atoms with Crippen LogP contribution in [0.3, 0.4) is 0 Å². The van der Waals surface area contributed by atoms with E-state index >= 15 is 0 Å². The molecule has 0 aromatic rings. The van der Waals surface area contributed by atoms with Crippen LogP contribution >= 0.6 is 0 Å². The fourth-order valence-corrected chi connectivity index (χ4v) is 3.50. The van der Waals surface area contributed by atoms with Gasteiger partial charge in [0.2, 0.25) is 0 Å². The summed E-state index contributed by atoms with van der Waals surface area (Å²) in [5, 5.41) is 10.4. The first-order valence-electron chi connectivity index (χ1n) is 12.5. The average Bonchev–Trinajstić information content (AvgIpc) is 2.59. The third kappa shape index (κ3) is 13.9. The van der Waals surface area contributed by atoms with E-state index in [-0.39, 0.29) is 11.5 Å². The van der Waals surface area contributed by atoms with Crippen LogP contribution in [0.25, 0.3) is 0 Å². The van der Waals surface area contributed by atoms with E-state index in [1.807, 2.05) is 0 Å². The summed E-state index contributed by atoms with van der Waals surface area (Å²) in [5.41, 5.74) is 0. The Morgan fingerprint density at radius 3 is 2.04 bits per heavy atom. The molecule has 0 aliphatic carbocycles. The Morgan fingerprint density at radius 2 is 1.48 bits per heavy atom. The summed E-state index contributed by atoms with van der Waals surface area (Å²) in [4.78, 5) is 0. The molecule has 0 spiro atoms. The predicted octanol–water partition coefficient (Wildman–Crippen LogP) is 7.46. The Hall–Kier alpha value is 0.137. The highest BCUT2D eigenvalue weighted by Gasteiger charge is 2.36. The average molecular weight is 377 g/mol. The second-order valence-corrected chi connectivity index (χ2v) is 13.6. The monoisotopic (exact) mass is 376 g/mol. The molecule has 0 fully saturated rings. The molecule has 1 N–H and O–H groups in total. The molecule has 0 amide bonds. The van der Waals surface area contributed by atoms with Crippen LogP contribution in [0.5, 0.6) is 0 Å². The minimum absolute atomic E-state index is 0.166. The van der Waals surface area contributed by atoms with Gasteiger partial charge in [-0.15, -0.1) is 0 Å². The van der Waals surface area contributed by atoms with Gasteiger partial charge in [-0.3, -0.25) is 0 Å². The van der Waals surface area contributed by atoms with Gasteiger partial charge in [-0.2, -0.15) is 0 Å². The Balaban J connectivity index is 4.01. The van der Waals surface area contributed by atoms with E-state index in [2.05, 4.69) is 40.8 Å². The van der Waals surface area contributed by atoms with E-state index in [4.69, 9.17) is 9.91 Å². The van der Waals surface area contributed by atoms with Crippen molar-refractivity contribution in [2.24, 2.45) is 0 Å². The second-order valence-electron chi connectivity index (χ2n) is 8.81. The quantitative estimate of drug-likeness (QED) is 0.224. The molecule has 2 nitrogen and oxygen atoms in total. The van der Waals surface area contributed by atoms with E-state index < -0.39 is 27.2 Å². The Bertz CT molecular complexity index is 437. The number of hydrogen-bond donors (Lipinski definition) is 1. The molecule has 0 aromatic heterocycles. The van der Waals surface area contributed by atoms with Crippen LogP contribution < -0.4 is 0 Å². The third-order valence-electron chi connectivity index (χ3n) is 5.31. The van der Waals surface area contributed by atoms with Crippen molar-refractivity contribution >= 4 is 8.32 Å². The fourth-order valence-electron chi connectivity index (χ4n) is 2.42. The summed E-state index contributed by atoms with van der Waals surface area (Å²) < 4.78 is 38.6. The van der Waals surface area contributed by atoms with Crippen LogP contribution in [-0.4, -0.2) is 26.1 Å². The summed E-state index contributed by atoms with van der Waals surface area (Å²) in [7, 11) is -1.64. The van der Waals surface area contributed by atoms with Gasteiger partial charge in [0.1, 0.15) is 0 Å². The molecule has 0 unspecified atom stereocenters. The van der Waals surface area contributed by atoms with Gasteiger partial charge in [-0.25, -0.2) is 0 Å². The lowest BCUT2D eigenvalue weighted by Crippen LogP contribution is -2.40. The van der Waals surface area contributed by atoms with Crippen molar-refractivity contribution in [3.8, 4) is 0 Å². The van der Waals surface area contributed by atoms with Crippen LogP contribution in [0.15, 0.2) is 0 Å². The molecule has 25 heavy (non-hydrogen) atoms. The van der Waals surface area contributed by atoms with Crippen molar-refractivity contribution < 1.29 is 15.0 Å². The van der Waals surface area contributed by atoms with Crippen molar-refractivity contribution in [3.05, 3.63) is 0 Å². The molecular formula is C22H48O2Si. The van der Waals surface area contributed by atoms with Crippen LogP contribution in [0.2, 0.25) is 18.1 Å². The molecule has 0 saturated heterocycles. The summed E-state index contributed by atoms with van der Waals surface area (Å²) in [6, 6.07) is 0. The Kier molecular flexibility index (Phi) is 10.5. The first-order valence-corrected chi connectivity index (χ1v) is 13.4. The standard InChI is InChI=1S/C22H48O2Si/c1-7-8-15-18-21(23)19-16-13-11-9-10-12-14-17-20-24-25(5,6)22(2,3)4/h21,23H,7-20H2,1-6H3/t21-/m0/s1/i16D2,19D2. The van der Waals surface area contributed by atoms with E-state index in [1.165, 1.54) is 0 Å². The van der Waals surface area contributed by atoms with Gasteiger partial charge in [0.05, 0.1) is 6.10 Å². The molecule has 1 atom stereocenters. The van der Waals surface area contributed by atoms with Crippen LogP contribution in [-0.2, 0) is 4.43 Å². The van der Waals surface area contributed by atoms with Crippen molar-refractivity contribution in [1.82, 2.24) is 0 Å². The predicted molar refractivity (Wildman–Crippen MR) is 115 cm³/mol. The van der Waals surface area contributed by atoms with Gasteiger partial charge in [0, 0.05) is 12.1 Å². The van der Waals surface area contributed by atoms with Crippen LogP contribution in [0.1, 0.15) is 117 Å². The van der Waals surface area contributed by atoms with Crippen molar-refractivity contribution in [2.75, 3.05) is 6.61 Å². The molecule has 0 heterocycles.